The van der Waals surface area contributed by atoms with Crippen LogP contribution in [0.25, 0.3) is 0 Å². The van der Waals surface area contributed by atoms with E-state index in [2.05, 4.69) is 0 Å². The van der Waals surface area contributed by atoms with Crippen molar-refractivity contribution in [1.29, 1.82) is 0 Å². The summed E-state index contributed by atoms with van der Waals surface area (Å²) in [5.41, 5.74) is 10.5. The van der Waals surface area contributed by atoms with E-state index in [0.29, 0.717) is 0 Å². The van der Waals surface area contributed by atoms with Crippen LogP contribution in [0.2, 0.25) is 0 Å². The molecule has 0 atom stereocenters. The van der Waals surface area contributed by atoms with E-state index in [-0.39, 0.29) is 88.7 Å². The molecule has 4 N–H and O–H groups in total. The van der Waals surface area contributed by atoms with Crippen LogP contribution in [-0.2, 0) is 0 Å². The molecule has 0 fully saturated rings. The SMILES string of the molecule is NCCCCCN.[Na].[Na].[Na]. The van der Waals surface area contributed by atoms with Crippen LogP contribution in [-0.4, -0.2) is 102 Å². The van der Waals surface area contributed by atoms with Crippen molar-refractivity contribution >= 4 is 88.7 Å². The van der Waals surface area contributed by atoms with Gasteiger partial charge in [0.25, 0.3) is 0 Å². The molecule has 0 unspecified atom stereocenters. The molecular weight excluding hydrogens is 157 g/mol. The number of hydrogen-bond donors (Lipinski definition) is 2. The van der Waals surface area contributed by atoms with Gasteiger partial charge in [-0.3, -0.25) is 0 Å². The Hall–Kier alpha value is 2.92. The molecule has 0 amide bonds. The Labute approximate surface area is 130 Å². The van der Waals surface area contributed by atoms with Crippen molar-refractivity contribution < 1.29 is 0 Å². The van der Waals surface area contributed by atoms with Gasteiger partial charge >= 0.3 is 0 Å². The fourth-order valence-electron chi connectivity index (χ4n) is 0.465. The van der Waals surface area contributed by atoms with Crippen molar-refractivity contribution in [2.45, 2.75) is 19.3 Å². The summed E-state index contributed by atoms with van der Waals surface area (Å²) in [5, 5.41) is 0. The van der Waals surface area contributed by atoms with Gasteiger partial charge in [-0.05, 0) is 25.9 Å². The molecule has 0 rings (SSSR count). The standard InChI is InChI=1S/C5H14N2.3Na/c6-4-2-1-3-5-7;;;/h1-7H2;;;. The average Bonchev–Trinajstić information content (AvgIpc) is 1.69. The molecule has 0 heterocycles. The maximum atomic E-state index is 5.23. The molecule has 0 aliphatic heterocycles. The number of nitrogens with two attached hydrogens (primary N) is 2. The molecule has 0 spiro atoms. The molecule has 0 aliphatic rings. The van der Waals surface area contributed by atoms with Gasteiger partial charge in [-0.15, -0.1) is 0 Å². The molecule has 47 valence electrons. The van der Waals surface area contributed by atoms with Crippen molar-refractivity contribution in [3.8, 4) is 0 Å². The van der Waals surface area contributed by atoms with E-state index in [1.165, 1.54) is 6.42 Å². The van der Waals surface area contributed by atoms with E-state index in [4.69, 9.17) is 11.5 Å². The number of hydrogen-bond acceptors (Lipinski definition) is 2. The van der Waals surface area contributed by atoms with Gasteiger partial charge in [0.05, 0.1) is 0 Å². The Morgan fingerprint density at radius 2 is 0.900 bits per heavy atom. The second-order valence-corrected chi connectivity index (χ2v) is 1.64. The fraction of sp³-hybridized carbons (Fsp3) is 1.00. The van der Waals surface area contributed by atoms with Crippen molar-refractivity contribution in [2.75, 3.05) is 13.1 Å². The summed E-state index contributed by atoms with van der Waals surface area (Å²) >= 11 is 0. The molecule has 0 bridgehead atoms. The predicted octanol–water partition coefficient (Wildman–Crippen LogP) is -1.07. The second kappa shape index (κ2) is 22.7. The Morgan fingerprint density at radius 3 is 1.10 bits per heavy atom. The van der Waals surface area contributed by atoms with Crippen LogP contribution >= 0.6 is 0 Å². The summed E-state index contributed by atoms with van der Waals surface area (Å²) in [6.07, 6.45) is 3.43. The second-order valence-electron chi connectivity index (χ2n) is 1.64. The number of rotatable bonds is 4. The zero-order chi connectivity index (χ0) is 5.54. The summed E-state index contributed by atoms with van der Waals surface area (Å²) in [4.78, 5) is 0. The first-order valence-corrected chi connectivity index (χ1v) is 2.82. The van der Waals surface area contributed by atoms with Crippen molar-refractivity contribution in [2.24, 2.45) is 11.5 Å². The smallest absolute Gasteiger partial charge is 0 e. The molecule has 5 heteroatoms. The minimum atomic E-state index is 0. The van der Waals surface area contributed by atoms with Crippen LogP contribution in [0.15, 0.2) is 0 Å². The van der Waals surface area contributed by atoms with E-state index >= 15 is 0 Å². The minimum absolute atomic E-state index is 0. The van der Waals surface area contributed by atoms with Crippen molar-refractivity contribution in [3.63, 3.8) is 0 Å². The van der Waals surface area contributed by atoms with Gasteiger partial charge in [0.1, 0.15) is 0 Å². The quantitative estimate of drug-likeness (QED) is 0.418. The summed E-state index contributed by atoms with van der Waals surface area (Å²) < 4.78 is 0. The molecule has 0 saturated carbocycles. The molecule has 0 aromatic rings. The van der Waals surface area contributed by atoms with Gasteiger partial charge in [-0.25, -0.2) is 0 Å². The zero-order valence-corrected chi connectivity index (χ0v) is 13.7. The molecule has 2 nitrogen and oxygen atoms in total. The Balaban J connectivity index is -0.0000000600. The third-order valence-electron chi connectivity index (χ3n) is 0.908. The van der Waals surface area contributed by atoms with Gasteiger partial charge < -0.3 is 11.5 Å². The third-order valence-corrected chi connectivity index (χ3v) is 0.908. The topological polar surface area (TPSA) is 52.0 Å². The van der Waals surface area contributed by atoms with E-state index in [9.17, 15) is 0 Å². The van der Waals surface area contributed by atoms with Crippen LogP contribution in [0.5, 0.6) is 0 Å². The first kappa shape index (κ1) is 23.1. The fourth-order valence-corrected chi connectivity index (χ4v) is 0.465. The van der Waals surface area contributed by atoms with Crippen LogP contribution in [0.1, 0.15) is 19.3 Å². The Morgan fingerprint density at radius 1 is 0.600 bits per heavy atom. The van der Waals surface area contributed by atoms with Gasteiger partial charge in [0.15, 0.2) is 0 Å². The van der Waals surface area contributed by atoms with Gasteiger partial charge in [-0.1, -0.05) is 6.42 Å². The van der Waals surface area contributed by atoms with Gasteiger partial charge in [0.2, 0.25) is 0 Å². The molecule has 3 radical (unpaired) electrons. The van der Waals surface area contributed by atoms with E-state index < -0.39 is 0 Å². The van der Waals surface area contributed by atoms with Gasteiger partial charge in [-0.2, -0.15) is 0 Å². The summed E-state index contributed by atoms with van der Waals surface area (Å²) in [6, 6.07) is 0. The monoisotopic (exact) mass is 171 g/mol. The molecule has 0 aromatic heterocycles. The minimum Gasteiger partial charge on any atom is -0.330 e. The maximum absolute atomic E-state index is 5.23. The first-order chi connectivity index (χ1) is 3.41. The Kier molecular flexibility index (Phi) is 52.3. The largest absolute Gasteiger partial charge is 0.330 e. The molecule has 0 aromatic carbocycles. The molecule has 0 aliphatic carbocycles. The number of unbranched alkanes of at least 4 members (excludes halogenated alkanes) is 2. The van der Waals surface area contributed by atoms with E-state index in [1.807, 2.05) is 0 Å². The summed E-state index contributed by atoms with van der Waals surface area (Å²) in [7, 11) is 0. The van der Waals surface area contributed by atoms with Crippen LogP contribution in [0, 0.1) is 0 Å². The summed E-state index contributed by atoms with van der Waals surface area (Å²) in [6.45, 7) is 1.61. The average molecular weight is 171 g/mol. The van der Waals surface area contributed by atoms with Crippen LogP contribution in [0.4, 0.5) is 0 Å². The predicted molar refractivity (Wildman–Crippen MR) is 49.2 cm³/mol. The van der Waals surface area contributed by atoms with Crippen molar-refractivity contribution in [3.05, 3.63) is 0 Å². The molecular formula is C5H14N2Na3. The molecule has 10 heavy (non-hydrogen) atoms. The first-order valence-electron chi connectivity index (χ1n) is 2.82. The van der Waals surface area contributed by atoms with Crippen molar-refractivity contribution in [1.82, 2.24) is 0 Å². The summed E-state index contributed by atoms with van der Waals surface area (Å²) in [5.74, 6) is 0. The molecule has 0 saturated heterocycles. The third kappa shape index (κ3) is 22.4. The van der Waals surface area contributed by atoms with Crippen LogP contribution in [0.3, 0.4) is 0 Å². The van der Waals surface area contributed by atoms with E-state index in [0.717, 1.165) is 25.9 Å². The van der Waals surface area contributed by atoms with E-state index in [1.54, 1.807) is 0 Å². The van der Waals surface area contributed by atoms with Gasteiger partial charge in [0, 0.05) is 88.7 Å². The van der Waals surface area contributed by atoms with Crippen LogP contribution < -0.4 is 11.5 Å². The Bertz CT molecular complexity index is 34.1. The normalized spacial score (nSPS) is 6.60. The maximum Gasteiger partial charge on any atom is 0 e. The zero-order valence-electron chi connectivity index (χ0n) is 7.69.